The topological polar surface area (TPSA) is 63.4 Å². The molecule has 18 heavy (non-hydrogen) atoms. The van der Waals surface area contributed by atoms with Crippen LogP contribution in [0.5, 0.6) is 0 Å². The molecule has 5 nitrogen and oxygen atoms in total. The first-order chi connectivity index (χ1) is 8.77. The fourth-order valence-electron chi connectivity index (χ4n) is 1.95. The molecular weight excluding hydrogens is 252 g/mol. The minimum Gasteiger partial charge on any atom is -0.395 e. The Hall–Kier alpha value is -1.04. The van der Waals surface area contributed by atoms with Crippen LogP contribution in [0.3, 0.4) is 0 Å². The number of pyridine rings is 1. The van der Waals surface area contributed by atoms with E-state index in [9.17, 15) is 0 Å². The second-order valence-corrected chi connectivity index (χ2v) is 4.66. The zero-order valence-corrected chi connectivity index (χ0v) is 11.1. The molecule has 0 saturated carbocycles. The van der Waals surface area contributed by atoms with Gasteiger partial charge >= 0.3 is 0 Å². The number of aromatic nitrogens is 1. The van der Waals surface area contributed by atoms with Crippen LogP contribution in [0.25, 0.3) is 0 Å². The molecule has 100 valence electrons. The predicted molar refractivity (Wildman–Crippen MR) is 74.0 cm³/mol. The van der Waals surface area contributed by atoms with E-state index < -0.39 is 0 Å². The van der Waals surface area contributed by atoms with Gasteiger partial charge in [-0.15, -0.1) is 0 Å². The third-order valence-corrected chi connectivity index (χ3v) is 3.31. The van der Waals surface area contributed by atoms with Crippen molar-refractivity contribution in [2.45, 2.75) is 6.42 Å². The molecule has 1 fully saturated rings. The van der Waals surface area contributed by atoms with Crippen molar-refractivity contribution >= 4 is 23.0 Å². The van der Waals surface area contributed by atoms with Crippen molar-refractivity contribution in [2.24, 2.45) is 0 Å². The molecule has 2 rings (SSSR count). The van der Waals surface area contributed by atoms with E-state index in [0.29, 0.717) is 10.8 Å². The van der Waals surface area contributed by atoms with Crippen LogP contribution in [0.4, 0.5) is 11.4 Å². The van der Waals surface area contributed by atoms with Gasteiger partial charge in [0.15, 0.2) is 5.15 Å². The number of ether oxygens (including phenoxy) is 1. The third-order valence-electron chi connectivity index (χ3n) is 3.01. The summed E-state index contributed by atoms with van der Waals surface area (Å²) in [6, 6.07) is 1.84. The van der Waals surface area contributed by atoms with Gasteiger partial charge in [-0.05, 0) is 19.0 Å². The number of nitrogens with zero attached hydrogens (tertiary/aromatic N) is 2. The average Bonchev–Trinajstić information content (AvgIpc) is 2.40. The number of hydrogen-bond donors (Lipinski definition) is 2. The number of nitrogen functional groups attached to an aromatic ring is 1. The van der Waals surface area contributed by atoms with Crippen molar-refractivity contribution in [3.8, 4) is 0 Å². The van der Waals surface area contributed by atoms with Crippen LogP contribution < -0.4 is 11.1 Å². The highest BCUT2D eigenvalue weighted by atomic mass is 35.5. The smallest absolute Gasteiger partial charge is 0.153 e. The van der Waals surface area contributed by atoms with Crippen LogP contribution in [0.2, 0.25) is 5.15 Å². The molecule has 0 aliphatic carbocycles. The molecule has 0 aromatic carbocycles. The van der Waals surface area contributed by atoms with Gasteiger partial charge in [-0.2, -0.15) is 0 Å². The highest BCUT2D eigenvalue weighted by Crippen LogP contribution is 2.24. The number of hydrogen-bond acceptors (Lipinski definition) is 5. The van der Waals surface area contributed by atoms with Crippen LogP contribution in [-0.2, 0) is 4.74 Å². The van der Waals surface area contributed by atoms with Crippen molar-refractivity contribution in [2.75, 3.05) is 50.4 Å². The van der Waals surface area contributed by atoms with E-state index in [-0.39, 0.29) is 0 Å². The molecule has 1 aliphatic heterocycles. The van der Waals surface area contributed by atoms with Gasteiger partial charge in [0, 0.05) is 25.8 Å². The molecule has 1 aromatic heterocycles. The molecule has 0 unspecified atom stereocenters. The maximum Gasteiger partial charge on any atom is 0.153 e. The summed E-state index contributed by atoms with van der Waals surface area (Å²) < 4.78 is 5.31. The molecule has 1 aromatic rings. The van der Waals surface area contributed by atoms with E-state index in [1.54, 1.807) is 6.20 Å². The average molecular weight is 271 g/mol. The Balaban J connectivity index is 1.70. The van der Waals surface area contributed by atoms with E-state index in [1.807, 2.05) is 6.07 Å². The second-order valence-electron chi connectivity index (χ2n) is 4.30. The molecule has 0 bridgehead atoms. The van der Waals surface area contributed by atoms with Gasteiger partial charge in [-0.1, -0.05) is 11.6 Å². The maximum absolute atomic E-state index is 5.85. The Kier molecular flexibility index (Phi) is 5.04. The zero-order valence-electron chi connectivity index (χ0n) is 10.4. The summed E-state index contributed by atoms with van der Waals surface area (Å²) in [7, 11) is 0. The Morgan fingerprint density at radius 2 is 2.22 bits per heavy atom. The first kappa shape index (κ1) is 13.4. The summed E-state index contributed by atoms with van der Waals surface area (Å²) in [5.74, 6) is 0. The van der Waals surface area contributed by atoms with Crippen LogP contribution in [0.1, 0.15) is 6.42 Å². The van der Waals surface area contributed by atoms with Crippen LogP contribution in [0, 0.1) is 0 Å². The number of nitrogens with two attached hydrogens (primary N) is 1. The van der Waals surface area contributed by atoms with Gasteiger partial charge in [0.1, 0.15) is 0 Å². The van der Waals surface area contributed by atoms with E-state index in [0.717, 1.165) is 51.5 Å². The predicted octanol–water partition coefficient (Wildman–Crippen LogP) is 1.45. The Morgan fingerprint density at radius 3 is 3.00 bits per heavy atom. The molecule has 0 radical (unpaired) electrons. The normalized spacial score (nSPS) is 16.7. The van der Waals surface area contributed by atoms with E-state index in [4.69, 9.17) is 22.1 Å². The van der Waals surface area contributed by atoms with Gasteiger partial charge < -0.3 is 15.8 Å². The number of morpholine rings is 1. The maximum atomic E-state index is 5.85. The summed E-state index contributed by atoms with van der Waals surface area (Å²) in [6.45, 7) is 5.71. The Bertz CT molecular complexity index is 382. The lowest BCUT2D eigenvalue weighted by Crippen LogP contribution is -2.37. The summed E-state index contributed by atoms with van der Waals surface area (Å²) in [5.41, 5.74) is 7.20. The van der Waals surface area contributed by atoms with Crippen LogP contribution in [-0.4, -0.2) is 49.3 Å². The van der Waals surface area contributed by atoms with Crippen molar-refractivity contribution in [3.05, 3.63) is 17.4 Å². The van der Waals surface area contributed by atoms with Gasteiger partial charge in [0.05, 0.1) is 24.6 Å². The molecule has 1 aliphatic rings. The van der Waals surface area contributed by atoms with Gasteiger partial charge in [0.25, 0.3) is 0 Å². The Labute approximate surface area is 112 Å². The third kappa shape index (κ3) is 3.73. The lowest BCUT2D eigenvalue weighted by atomic mass is 10.3. The van der Waals surface area contributed by atoms with Crippen LogP contribution >= 0.6 is 11.6 Å². The quantitative estimate of drug-likeness (QED) is 0.626. The standard InChI is InChI=1S/C12H19ClN4O/c13-12-11(14)10(2-4-16-12)15-3-1-5-17-6-8-18-9-7-17/h2,4H,1,3,5-9,14H2,(H,15,16). The lowest BCUT2D eigenvalue weighted by Gasteiger charge is -2.26. The molecule has 1 saturated heterocycles. The van der Waals surface area contributed by atoms with Crippen molar-refractivity contribution in [1.29, 1.82) is 0 Å². The largest absolute Gasteiger partial charge is 0.395 e. The van der Waals surface area contributed by atoms with Gasteiger partial charge in [0.2, 0.25) is 0 Å². The fraction of sp³-hybridized carbons (Fsp3) is 0.583. The first-order valence-corrected chi connectivity index (χ1v) is 6.59. The van der Waals surface area contributed by atoms with Gasteiger partial charge in [-0.3, -0.25) is 4.90 Å². The minimum atomic E-state index is 0.355. The SMILES string of the molecule is Nc1c(NCCCN2CCOCC2)ccnc1Cl. The van der Waals surface area contributed by atoms with Crippen molar-refractivity contribution in [3.63, 3.8) is 0 Å². The lowest BCUT2D eigenvalue weighted by molar-refractivity contribution is 0.0378. The number of anilines is 2. The number of halogens is 1. The molecule has 0 amide bonds. The zero-order chi connectivity index (χ0) is 12.8. The monoisotopic (exact) mass is 270 g/mol. The van der Waals surface area contributed by atoms with Crippen LogP contribution in [0.15, 0.2) is 12.3 Å². The Morgan fingerprint density at radius 1 is 1.44 bits per heavy atom. The summed E-state index contributed by atoms with van der Waals surface area (Å²) in [4.78, 5) is 6.33. The van der Waals surface area contributed by atoms with Crippen molar-refractivity contribution in [1.82, 2.24) is 9.88 Å². The van der Waals surface area contributed by atoms with E-state index >= 15 is 0 Å². The number of rotatable bonds is 5. The van der Waals surface area contributed by atoms with Crippen molar-refractivity contribution < 1.29 is 4.74 Å². The molecule has 0 atom stereocenters. The fourth-order valence-corrected chi connectivity index (χ4v) is 2.11. The second kappa shape index (κ2) is 6.78. The van der Waals surface area contributed by atoms with Gasteiger partial charge in [-0.25, -0.2) is 4.98 Å². The highest BCUT2D eigenvalue weighted by molar-refractivity contribution is 6.32. The summed E-state index contributed by atoms with van der Waals surface area (Å²) >= 11 is 5.85. The molecule has 0 spiro atoms. The minimum absolute atomic E-state index is 0.355. The molecular formula is C12H19ClN4O. The first-order valence-electron chi connectivity index (χ1n) is 6.21. The number of nitrogens with one attached hydrogen (secondary N) is 1. The van der Waals surface area contributed by atoms with E-state index in [1.165, 1.54) is 0 Å². The molecule has 3 N–H and O–H groups in total. The molecule has 6 heteroatoms. The summed E-state index contributed by atoms with van der Waals surface area (Å²) in [5, 5.41) is 3.64. The summed E-state index contributed by atoms with van der Waals surface area (Å²) in [6.07, 6.45) is 2.72. The molecule has 2 heterocycles. The van der Waals surface area contributed by atoms with E-state index in [2.05, 4.69) is 15.2 Å². The highest BCUT2D eigenvalue weighted by Gasteiger charge is 2.09.